The highest BCUT2D eigenvalue weighted by molar-refractivity contribution is 7.89. The minimum atomic E-state index is -3.75. The molecule has 16 nitrogen and oxygen atoms in total. The minimum absolute atomic E-state index is 0.0699. The number of benzene rings is 2. The number of fused-ring (bicyclic) bond motifs is 1. The fraction of sp³-hybridized carbons (Fsp3) is 0.290. The summed E-state index contributed by atoms with van der Waals surface area (Å²) < 4.78 is 29.4. The number of imide groups is 1. The van der Waals surface area contributed by atoms with Crippen LogP contribution in [0.15, 0.2) is 58.8 Å². The van der Waals surface area contributed by atoms with Gasteiger partial charge in [-0.25, -0.2) is 23.2 Å². The maximum atomic E-state index is 13.5. The van der Waals surface area contributed by atoms with Gasteiger partial charge < -0.3 is 11.1 Å². The molecule has 0 atom stereocenters. The minimum Gasteiger partial charge on any atom is -0.368 e. The fourth-order valence-electron chi connectivity index (χ4n) is 6.03. The predicted molar refractivity (Wildman–Crippen MR) is 178 cm³/mol. The van der Waals surface area contributed by atoms with E-state index < -0.39 is 16.1 Å². The highest BCUT2D eigenvalue weighted by Crippen LogP contribution is 2.28. The van der Waals surface area contributed by atoms with Crippen LogP contribution >= 0.6 is 11.3 Å². The summed E-state index contributed by atoms with van der Waals surface area (Å²) in [5, 5.41) is 13.8. The molecule has 0 spiro atoms. The summed E-state index contributed by atoms with van der Waals surface area (Å²) in [6.45, 7) is 4.41. The van der Waals surface area contributed by atoms with Gasteiger partial charge in [-0.3, -0.25) is 24.6 Å². The van der Waals surface area contributed by atoms with Crippen molar-refractivity contribution in [1.29, 1.82) is 0 Å². The lowest BCUT2D eigenvalue weighted by atomic mass is 10.1. The molecule has 3 aliphatic heterocycles. The lowest BCUT2D eigenvalue weighted by molar-refractivity contribution is -0.123. The third-order valence-corrected chi connectivity index (χ3v) is 11.6. The molecule has 5 heterocycles. The molecule has 254 valence electrons. The topological polar surface area (TPSA) is 196 Å². The van der Waals surface area contributed by atoms with Gasteiger partial charge in [0.25, 0.3) is 11.8 Å². The first-order chi connectivity index (χ1) is 23.5. The Balaban J connectivity index is 0.939. The van der Waals surface area contributed by atoms with Crippen LogP contribution in [0.4, 0.5) is 22.4 Å². The summed E-state index contributed by atoms with van der Waals surface area (Å²) in [5.41, 5.74) is 9.56. The zero-order valence-electron chi connectivity index (χ0n) is 26.3. The van der Waals surface area contributed by atoms with E-state index in [0.717, 1.165) is 21.4 Å². The number of aromatic nitrogens is 3. The molecule has 0 bridgehead atoms. The third-order valence-electron chi connectivity index (χ3n) is 8.64. The molecule has 7 rings (SSSR count). The SMILES string of the molecule is Cc1ccsc1C(=O)n1nc(Nc2ccc(S(=O)(=O)N3CCN(Cc4ccc5c(c4)CN(N4CCC(=O)NC4=O)C5=O)CC3)cc2)nc1N. The molecule has 0 aliphatic carbocycles. The monoisotopic (exact) mass is 704 g/mol. The largest absolute Gasteiger partial charge is 0.368 e. The first-order valence-corrected chi connectivity index (χ1v) is 17.8. The quantitative estimate of drug-likeness (QED) is 0.243. The number of thiophene rings is 1. The number of aryl methyl sites for hydroxylation is 1. The Labute approximate surface area is 285 Å². The van der Waals surface area contributed by atoms with Crippen molar-refractivity contribution in [3.05, 3.63) is 81.0 Å². The molecule has 2 aromatic heterocycles. The second-order valence-corrected chi connectivity index (χ2v) is 14.7. The van der Waals surface area contributed by atoms with Crippen molar-refractivity contribution in [2.45, 2.75) is 31.3 Å². The molecule has 4 amide bonds. The van der Waals surface area contributed by atoms with Crippen molar-refractivity contribution in [1.82, 2.24) is 39.3 Å². The number of nitrogens with zero attached hydrogens (tertiary/aromatic N) is 7. The lowest BCUT2D eigenvalue weighted by Crippen LogP contribution is -2.56. The molecule has 0 saturated carbocycles. The maximum absolute atomic E-state index is 13.5. The Morgan fingerprint density at radius 1 is 1.00 bits per heavy atom. The molecule has 2 fully saturated rings. The van der Waals surface area contributed by atoms with Crippen LogP contribution in [0.3, 0.4) is 0 Å². The molecule has 2 saturated heterocycles. The fourth-order valence-corrected chi connectivity index (χ4v) is 8.30. The van der Waals surface area contributed by atoms with Crippen LogP contribution in [-0.4, -0.2) is 98.9 Å². The van der Waals surface area contributed by atoms with Gasteiger partial charge in [-0.05, 0) is 65.4 Å². The zero-order valence-corrected chi connectivity index (χ0v) is 28.0. The normalized spacial score (nSPS) is 17.4. The van der Waals surface area contributed by atoms with Crippen LogP contribution in [0, 0.1) is 6.92 Å². The van der Waals surface area contributed by atoms with Gasteiger partial charge in [0.15, 0.2) is 0 Å². The number of hydrogen-bond acceptors (Lipinski definition) is 12. The van der Waals surface area contributed by atoms with Crippen LogP contribution in [0.1, 0.15) is 43.1 Å². The number of rotatable bonds is 8. The summed E-state index contributed by atoms with van der Waals surface area (Å²) >= 11 is 1.29. The van der Waals surface area contributed by atoms with E-state index in [1.54, 1.807) is 18.2 Å². The number of hydrogen-bond donors (Lipinski definition) is 3. The number of carbonyl (C=O) groups is 4. The molecular formula is C31H32N10O6S2. The Hall–Kier alpha value is -5.17. The van der Waals surface area contributed by atoms with Crippen LogP contribution in [-0.2, 0) is 27.9 Å². The Morgan fingerprint density at radius 2 is 1.76 bits per heavy atom. The molecule has 18 heteroatoms. The van der Waals surface area contributed by atoms with E-state index in [2.05, 4.69) is 25.6 Å². The van der Waals surface area contributed by atoms with Gasteiger partial charge in [-0.1, -0.05) is 12.1 Å². The Morgan fingerprint density at radius 3 is 2.45 bits per heavy atom. The molecule has 0 unspecified atom stereocenters. The van der Waals surface area contributed by atoms with Crippen LogP contribution < -0.4 is 16.4 Å². The van der Waals surface area contributed by atoms with E-state index in [0.29, 0.717) is 48.9 Å². The molecule has 0 radical (unpaired) electrons. The van der Waals surface area contributed by atoms with E-state index >= 15 is 0 Å². The van der Waals surface area contributed by atoms with E-state index in [-0.39, 0.29) is 54.0 Å². The Kier molecular flexibility index (Phi) is 8.39. The third kappa shape index (κ3) is 6.26. The number of anilines is 3. The smallest absolute Gasteiger partial charge is 0.342 e. The van der Waals surface area contributed by atoms with Gasteiger partial charge >= 0.3 is 6.03 Å². The second-order valence-electron chi connectivity index (χ2n) is 11.9. The van der Waals surface area contributed by atoms with Crippen molar-refractivity contribution >= 4 is 62.7 Å². The number of hydrazine groups is 1. The van der Waals surface area contributed by atoms with Crippen LogP contribution in [0.2, 0.25) is 0 Å². The predicted octanol–water partition coefficient (Wildman–Crippen LogP) is 1.98. The zero-order chi connectivity index (χ0) is 34.4. The summed E-state index contributed by atoms with van der Waals surface area (Å²) in [7, 11) is -3.75. The summed E-state index contributed by atoms with van der Waals surface area (Å²) in [4.78, 5) is 56.5. The van der Waals surface area contributed by atoms with Gasteiger partial charge in [0.1, 0.15) is 0 Å². The highest BCUT2D eigenvalue weighted by atomic mass is 32.2. The van der Waals surface area contributed by atoms with Gasteiger partial charge in [0, 0.05) is 50.4 Å². The van der Waals surface area contributed by atoms with E-state index in [1.807, 2.05) is 30.5 Å². The lowest BCUT2D eigenvalue weighted by Gasteiger charge is -2.34. The Bertz CT molecular complexity index is 2090. The highest BCUT2D eigenvalue weighted by Gasteiger charge is 2.37. The van der Waals surface area contributed by atoms with Crippen LogP contribution in [0.5, 0.6) is 0 Å². The van der Waals surface area contributed by atoms with Crippen molar-refractivity contribution in [3.63, 3.8) is 0 Å². The van der Waals surface area contributed by atoms with Crippen molar-refractivity contribution in [2.24, 2.45) is 0 Å². The van der Waals surface area contributed by atoms with Gasteiger partial charge in [-0.2, -0.15) is 14.0 Å². The number of carbonyl (C=O) groups excluding carboxylic acids is 4. The van der Waals surface area contributed by atoms with E-state index in [1.165, 1.54) is 37.8 Å². The van der Waals surface area contributed by atoms with E-state index in [4.69, 9.17) is 5.73 Å². The van der Waals surface area contributed by atoms with Gasteiger partial charge in [0.05, 0.1) is 22.9 Å². The number of nitrogens with two attached hydrogens (primary N) is 1. The van der Waals surface area contributed by atoms with Crippen molar-refractivity contribution in [2.75, 3.05) is 43.8 Å². The molecule has 49 heavy (non-hydrogen) atoms. The molecule has 2 aromatic carbocycles. The van der Waals surface area contributed by atoms with Crippen LogP contribution in [0.25, 0.3) is 0 Å². The number of sulfonamides is 1. The number of urea groups is 1. The molecule has 4 N–H and O–H groups in total. The first kappa shape index (κ1) is 32.4. The number of amides is 4. The number of piperazine rings is 1. The molecule has 4 aromatic rings. The van der Waals surface area contributed by atoms with Crippen molar-refractivity contribution < 1.29 is 27.6 Å². The number of nitrogens with one attached hydrogen (secondary N) is 2. The van der Waals surface area contributed by atoms with E-state index in [9.17, 15) is 27.6 Å². The second kappa shape index (κ2) is 12.7. The van der Waals surface area contributed by atoms with Gasteiger partial charge in [-0.15, -0.1) is 16.4 Å². The molecular weight excluding hydrogens is 673 g/mol. The standard InChI is InChI=1S/C31H32N10O6S2/c1-19-9-15-48-26(19)28(44)41-29(32)35-30(36-41)33-22-3-5-23(6-4-22)49(46,47)38-13-11-37(12-14-38)17-20-2-7-24-21(16-20)18-40(27(24)43)39-10-8-25(42)34-31(39)45/h2-7,9,15-16H,8,10-14,17-18H2,1H3,(H,34,42,45)(H3,32,33,35,36). The van der Waals surface area contributed by atoms with Crippen molar-refractivity contribution in [3.8, 4) is 0 Å². The average Bonchev–Trinajstić information content (AvgIpc) is 3.77. The maximum Gasteiger partial charge on any atom is 0.342 e. The van der Waals surface area contributed by atoms with Gasteiger partial charge in [0.2, 0.25) is 27.8 Å². The molecule has 3 aliphatic rings. The summed E-state index contributed by atoms with van der Waals surface area (Å²) in [6.07, 6.45) is 0.128. The summed E-state index contributed by atoms with van der Waals surface area (Å²) in [5.74, 6) is -1.00. The first-order valence-electron chi connectivity index (χ1n) is 15.4. The average molecular weight is 705 g/mol. The number of nitrogen functional groups attached to an aromatic ring is 1. The summed E-state index contributed by atoms with van der Waals surface area (Å²) in [6, 6.07) is 13.0.